The molecule has 26 atom stereocenters. The summed E-state index contributed by atoms with van der Waals surface area (Å²) in [6, 6.07) is 0. The maximum Gasteiger partial charge on any atom is 0.314 e. The second kappa shape index (κ2) is 19.4. The number of esters is 1. The number of hydrogen-bond donors (Lipinski definition) is 14. The summed E-state index contributed by atoms with van der Waals surface area (Å²) in [6.07, 6.45) is -29.1. The van der Waals surface area contributed by atoms with Gasteiger partial charge in [-0.1, -0.05) is 19.9 Å². The second-order valence-corrected chi connectivity index (χ2v) is 20.8. The number of ether oxygens (including phenoxy) is 8. The molecule has 23 nitrogen and oxygen atoms in total. The summed E-state index contributed by atoms with van der Waals surface area (Å²) < 4.78 is 48.2. The van der Waals surface area contributed by atoms with Crippen LogP contribution in [0.2, 0.25) is 0 Å². The molecule has 0 radical (unpaired) electrons. The van der Waals surface area contributed by atoms with Crippen LogP contribution in [-0.4, -0.2) is 232 Å². The maximum atomic E-state index is 14.3. The van der Waals surface area contributed by atoms with Crippen LogP contribution in [0.3, 0.4) is 0 Å². The van der Waals surface area contributed by atoms with E-state index in [2.05, 4.69) is 13.5 Å². The normalized spacial score (nSPS) is 54.5. The maximum absolute atomic E-state index is 14.3. The molecule has 0 aromatic rings. The van der Waals surface area contributed by atoms with Crippen molar-refractivity contribution >= 4 is 5.97 Å². The van der Waals surface area contributed by atoms with Gasteiger partial charge in [0.1, 0.15) is 97.7 Å². The van der Waals surface area contributed by atoms with Crippen LogP contribution in [0, 0.1) is 28.1 Å². The molecule has 2 bridgehead atoms. The van der Waals surface area contributed by atoms with E-state index in [0.717, 1.165) is 6.42 Å². The first-order valence-electron chi connectivity index (χ1n) is 23.4. The molecule has 4 unspecified atom stereocenters. The van der Waals surface area contributed by atoms with Crippen molar-refractivity contribution in [3.8, 4) is 0 Å². The first-order chi connectivity index (χ1) is 31.6. The van der Waals surface area contributed by atoms with Gasteiger partial charge in [0.2, 0.25) is 6.29 Å². The highest BCUT2D eigenvalue weighted by Gasteiger charge is 2.70. The van der Waals surface area contributed by atoms with Gasteiger partial charge in [-0.15, -0.1) is 0 Å². The van der Waals surface area contributed by atoms with Crippen LogP contribution >= 0.6 is 0 Å². The number of rotatable bonds is 12. The summed E-state index contributed by atoms with van der Waals surface area (Å²) in [5.74, 6) is -0.805. The number of aliphatic hydroxyl groups is 14. The zero-order chi connectivity index (χ0) is 48.7. The molecule has 8 rings (SSSR count). The van der Waals surface area contributed by atoms with Crippen molar-refractivity contribution in [1.29, 1.82) is 0 Å². The molecule has 4 saturated heterocycles. The van der Waals surface area contributed by atoms with Crippen molar-refractivity contribution in [3.63, 3.8) is 0 Å². The minimum absolute atomic E-state index is 0.0251. The largest absolute Gasteiger partial charge is 0.432 e. The van der Waals surface area contributed by atoms with Gasteiger partial charge in [-0.25, -0.2) is 0 Å². The molecule has 0 amide bonds. The minimum atomic E-state index is -1.95. The lowest BCUT2D eigenvalue weighted by atomic mass is 9.41. The van der Waals surface area contributed by atoms with Crippen molar-refractivity contribution in [2.24, 2.45) is 28.1 Å². The summed E-state index contributed by atoms with van der Waals surface area (Å²) in [5.41, 5.74) is -2.33. The Balaban J connectivity index is 1.06. The Bertz CT molecular complexity index is 1760. The predicted molar refractivity (Wildman–Crippen MR) is 219 cm³/mol. The molecule has 4 aliphatic carbocycles. The average molecular weight is 967 g/mol. The van der Waals surface area contributed by atoms with Crippen LogP contribution in [0.5, 0.6) is 0 Å². The van der Waals surface area contributed by atoms with Crippen molar-refractivity contribution in [2.45, 2.75) is 200 Å². The molecular formula is C44H70O23. The van der Waals surface area contributed by atoms with E-state index in [1.807, 2.05) is 6.92 Å². The summed E-state index contributed by atoms with van der Waals surface area (Å²) in [7, 11) is 0. The average Bonchev–Trinajstić information content (AvgIpc) is 3.50. The molecule has 1 spiro atoms. The van der Waals surface area contributed by atoms with Gasteiger partial charge in [-0.2, -0.15) is 0 Å². The molecule has 4 heterocycles. The molecule has 67 heavy (non-hydrogen) atoms. The van der Waals surface area contributed by atoms with Crippen LogP contribution in [0.15, 0.2) is 12.2 Å². The molecule has 23 heteroatoms. The standard InChI is InChI=1S/C44H70O23/c1-17-11-43-9-5-22-41(2,7-4-8-42(22,3)40(59)66-38-33(58)30(55)26(51)20(14-47)62-38)23(43)6-10-44(17,16-43)67-39-35(65-37-32(57)29(54)25(50)19(13-46)61-37)34(27(52)21(15-48)63-39)64-36-31(56)28(53)24(49)18(12-45)60-36/h18-39,45-58H,1,4-16H2,2-3H3/t18-,19-,20+,21-,22?,23?,24-,25-,26+,27-,28+,29+,30-,31-,32-,33+,34+,35-,36?,37+,38-,39-,41-,42-,43?,44+/m1/s1. The quantitative estimate of drug-likeness (QED) is 0.0494. The molecule has 4 aliphatic heterocycles. The van der Waals surface area contributed by atoms with E-state index in [-0.39, 0.29) is 11.8 Å². The summed E-state index contributed by atoms with van der Waals surface area (Å²) in [6.45, 7) is 5.41. The lowest BCUT2D eigenvalue weighted by Gasteiger charge is -2.64. The van der Waals surface area contributed by atoms with Crippen LogP contribution < -0.4 is 0 Å². The van der Waals surface area contributed by atoms with E-state index in [4.69, 9.17) is 37.9 Å². The van der Waals surface area contributed by atoms with Gasteiger partial charge in [0.25, 0.3) is 0 Å². The number of fused-ring (bicyclic) bond motifs is 3. The van der Waals surface area contributed by atoms with Crippen molar-refractivity contribution < 1.29 is 114 Å². The van der Waals surface area contributed by atoms with Gasteiger partial charge in [-0.3, -0.25) is 4.79 Å². The van der Waals surface area contributed by atoms with E-state index in [1.165, 1.54) is 0 Å². The fourth-order valence-electron chi connectivity index (χ4n) is 13.5. The van der Waals surface area contributed by atoms with E-state index in [9.17, 15) is 76.3 Å². The van der Waals surface area contributed by atoms with Gasteiger partial charge in [0.05, 0.1) is 37.4 Å². The smallest absolute Gasteiger partial charge is 0.314 e. The summed E-state index contributed by atoms with van der Waals surface area (Å²) >= 11 is 0. The first kappa shape index (κ1) is 51.7. The van der Waals surface area contributed by atoms with E-state index in [0.29, 0.717) is 56.9 Å². The fraction of sp³-hybridized carbons (Fsp3) is 0.932. The lowest BCUT2D eigenvalue weighted by molar-refractivity contribution is -0.400. The monoisotopic (exact) mass is 966 g/mol. The zero-order valence-electron chi connectivity index (χ0n) is 37.5. The molecule has 0 aromatic carbocycles. The van der Waals surface area contributed by atoms with Crippen molar-refractivity contribution in [3.05, 3.63) is 12.2 Å². The third-order valence-corrected chi connectivity index (χ3v) is 17.1. The van der Waals surface area contributed by atoms with E-state index >= 15 is 0 Å². The third kappa shape index (κ3) is 8.63. The molecule has 8 aliphatic rings. The van der Waals surface area contributed by atoms with Gasteiger partial charge >= 0.3 is 5.97 Å². The Morgan fingerprint density at radius 1 is 0.567 bits per heavy atom. The predicted octanol–water partition coefficient (Wildman–Crippen LogP) is -5.11. The Labute approximate surface area is 386 Å². The molecule has 384 valence electrons. The highest BCUT2D eigenvalue weighted by molar-refractivity contribution is 5.77. The van der Waals surface area contributed by atoms with E-state index in [1.54, 1.807) is 0 Å². The molecule has 0 aromatic heterocycles. The molecule has 4 saturated carbocycles. The summed E-state index contributed by atoms with van der Waals surface area (Å²) in [4.78, 5) is 14.3. The Morgan fingerprint density at radius 2 is 1.03 bits per heavy atom. The van der Waals surface area contributed by atoms with Crippen LogP contribution in [0.1, 0.15) is 71.6 Å². The minimum Gasteiger partial charge on any atom is -0.432 e. The third-order valence-electron chi connectivity index (χ3n) is 17.1. The molecule has 8 fully saturated rings. The van der Waals surface area contributed by atoms with Gasteiger partial charge in [0, 0.05) is 0 Å². The van der Waals surface area contributed by atoms with E-state index < -0.39 is 177 Å². The van der Waals surface area contributed by atoms with Crippen LogP contribution in [0.4, 0.5) is 0 Å². The first-order valence-corrected chi connectivity index (χ1v) is 23.4. The summed E-state index contributed by atoms with van der Waals surface area (Å²) in [5, 5.41) is 148. The van der Waals surface area contributed by atoms with Crippen LogP contribution in [0.25, 0.3) is 0 Å². The Hall–Kier alpha value is -1.63. The number of carbonyl (C=O) groups is 1. The highest BCUT2D eigenvalue weighted by atomic mass is 16.8. The molecule has 14 N–H and O–H groups in total. The second-order valence-electron chi connectivity index (χ2n) is 20.8. The number of aliphatic hydroxyl groups excluding tert-OH is 14. The Morgan fingerprint density at radius 3 is 1.57 bits per heavy atom. The topological polar surface area (TPSA) is 374 Å². The molecular weight excluding hydrogens is 896 g/mol. The Kier molecular flexibility index (Phi) is 15.0. The van der Waals surface area contributed by atoms with Gasteiger partial charge < -0.3 is 109 Å². The lowest BCUT2D eigenvalue weighted by Crippen LogP contribution is -2.68. The zero-order valence-corrected chi connectivity index (χ0v) is 37.5. The number of hydrogen-bond acceptors (Lipinski definition) is 23. The van der Waals surface area contributed by atoms with Crippen LogP contribution in [-0.2, 0) is 42.7 Å². The van der Waals surface area contributed by atoms with Gasteiger partial charge in [-0.05, 0) is 86.5 Å². The SMILES string of the molecule is C=C1CC23CCC4[C@@](C)(CCC[C@@]4(C)C(=O)O[C@H]4O[C@@H](CO)[C@H](O)[C@@H](O)[C@@H]4O)C2CC[C@]1(O[C@H]1O[C@H](CO)[C@@H](O)[C@H](OC2O[C@H](CO)[C@@H](O)[C@H](O)[C@H]2O)[C@H]1O[C@@H]1O[C@H](CO)[C@@H](O)[C@H](O)[C@H]1O)C3. The highest BCUT2D eigenvalue weighted by Crippen LogP contribution is 2.74. The van der Waals surface area contributed by atoms with Gasteiger partial charge in [0.15, 0.2) is 18.9 Å². The fourth-order valence-corrected chi connectivity index (χ4v) is 13.5. The van der Waals surface area contributed by atoms with Crippen molar-refractivity contribution in [2.75, 3.05) is 26.4 Å². The van der Waals surface area contributed by atoms with Crippen molar-refractivity contribution in [1.82, 2.24) is 0 Å². The number of carbonyl (C=O) groups excluding carboxylic acids is 1.